The van der Waals surface area contributed by atoms with Crippen LogP contribution in [0.1, 0.15) is 24.8 Å². The van der Waals surface area contributed by atoms with Crippen LogP contribution in [-0.2, 0) is 9.53 Å². The standard InChI is InChI=1S/C20H19NO5/c1-3-25-20(23)21-11-12(10-17(21)22)13-8-9-16(24-2)19-18(13)14-6-4-5-7-15(14)26-19/h4-9,12H,3,10-11H2,1-2H3. The zero-order chi connectivity index (χ0) is 18.3. The van der Waals surface area contributed by atoms with E-state index in [1.54, 1.807) is 14.0 Å². The number of rotatable bonds is 3. The van der Waals surface area contributed by atoms with Crippen LogP contribution in [-0.4, -0.2) is 37.2 Å². The Kier molecular flexibility index (Phi) is 4.03. The Hall–Kier alpha value is -3.02. The van der Waals surface area contributed by atoms with E-state index in [4.69, 9.17) is 13.9 Å². The summed E-state index contributed by atoms with van der Waals surface area (Å²) in [6.45, 7) is 2.27. The van der Waals surface area contributed by atoms with Gasteiger partial charge in [-0.05, 0) is 24.6 Å². The SMILES string of the molecule is CCOC(=O)N1CC(c2ccc(OC)c3oc4ccccc4c23)CC1=O. The number of methoxy groups -OCH3 is 1. The molecule has 26 heavy (non-hydrogen) atoms. The van der Waals surface area contributed by atoms with Crippen LogP contribution >= 0.6 is 0 Å². The number of likely N-dealkylation sites (tertiary alicyclic amines) is 1. The number of carbonyl (C=O) groups is 2. The molecule has 1 aliphatic rings. The van der Waals surface area contributed by atoms with Crippen LogP contribution in [0.15, 0.2) is 40.8 Å². The van der Waals surface area contributed by atoms with Gasteiger partial charge in [0.25, 0.3) is 0 Å². The zero-order valence-corrected chi connectivity index (χ0v) is 14.7. The Morgan fingerprint density at radius 1 is 1.27 bits per heavy atom. The highest BCUT2D eigenvalue weighted by molar-refractivity contribution is 6.09. The lowest BCUT2D eigenvalue weighted by atomic mass is 9.93. The van der Waals surface area contributed by atoms with Crippen LogP contribution in [0.5, 0.6) is 5.75 Å². The van der Waals surface area contributed by atoms with E-state index in [1.165, 1.54) is 4.90 Å². The minimum absolute atomic E-state index is 0.110. The molecule has 0 saturated carbocycles. The Balaban J connectivity index is 1.82. The van der Waals surface area contributed by atoms with Crippen molar-refractivity contribution in [2.24, 2.45) is 0 Å². The second-order valence-electron chi connectivity index (χ2n) is 6.26. The summed E-state index contributed by atoms with van der Waals surface area (Å²) in [4.78, 5) is 25.5. The summed E-state index contributed by atoms with van der Waals surface area (Å²) in [6.07, 6.45) is -0.318. The van der Waals surface area contributed by atoms with Crippen molar-refractivity contribution in [3.05, 3.63) is 42.0 Å². The van der Waals surface area contributed by atoms with E-state index in [0.717, 1.165) is 21.9 Å². The third-order valence-corrected chi connectivity index (χ3v) is 4.80. The van der Waals surface area contributed by atoms with E-state index < -0.39 is 6.09 Å². The van der Waals surface area contributed by atoms with Gasteiger partial charge in [0.15, 0.2) is 11.3 Å². The van der Waals surface area contributed by atoms with Gasteiger partial charge in [0.2, 0.25) is 5.91 Å². The van der Waals surface area contributed by atoms with Gasteiger partial charge in [-0.1, -0.05) is 24.3 Å². The molecule has 0 bridgehead atoms. The molecule has 1 saturated heterocycles. The molecule has 0 spiro atoms. The number of amides is 2. The molecule has 0 N–H and O–H groups in total. The second-order valence-corrected chi connectivity index (χ2v) is 6.26. The van der Waals surface area contributed by atoms with E-state index in [-0.39, 0.29) is 24.9 Å². The lowest BCUT2D eigenvalue weighted by Crippen LogP contribution is -2.32. The first-order valence-corrected chi connectivity index (χ1v) is 8.59. The Morgan fingerprint density at radius 3 is 2.85 bits per heavy atom. The molecule has 2 heterocycles. The molecule has 1 aromatic heterocycles. The molecule has 6 nitrogen and oxygen atoms in total. The van der Waals surface area contributed by atoms with Crippen LogP contribution < -0.4 is 4.74 Å². The number of nitrogens with zero attached hydrogens (tertiary/aromatic N) is 1. The van der Waals surface area contributed by atoms with Crippen molar-refractivity contribution in [2.75, 3.05) is 20.3 Å². The average Bonchev–Trinajstić information content (AvgIpc) is 3.22. The van der Waals surface area contributed by atoms with Crippen LogP contribution in [0.2, 0.25) is 0 Å². The van der Waals surface area contributed by atoms with Crippen molar-refractivity contribution in [3.63, 3.8) is 0 Å². The number of benzene rings is 2. The number of fused-ring (bicyclic) bond motifs is 3. The van der Waals surface area contributed by atoms with Gasteiger partial charge < -0.3 is 13.9 Å². The molecule has 1 atom stereocenters. The Labute approximate surface area is 150 Å². The van der Waals surface area contributed by atoms with Crippen molar-refractivity contribution in [1.82, 2.24) is 4.90 Å². The number of hydrogen-bond donors (Lipinski definition) is 0. The fourth-order valence-corrected chi connectivity index (χ4v) is 3.62. The number of hydrogen-bond acceptors (Lipinski definition) is 5. The molecular weight excluding hydrogens is 334 g/mol. The number of carbonyl (C=O) groups excluding carboxylic acids is 2. The van der Waals surface area contributed by atoms with Crippen LogP contribution in [0.25, 0.3) is 21.9 Å². The van der Waals surface area contributed by atoms with E-state index >= 15 is 0 Å². The highest BCUT2D eigenvalue weighted by atomic mass is 16.6. The highest BCUT2D eigenvalue weighted by Gasteiger charge is 2.37. The third-order valence-electron chi connectivity index (χ3n) is 4.80. The van der Waals surface area contributed by atoms with Gasteiger partial charge in [0.1, 0.15) is 5.58 Å². The van der Waals surface area contributed by atoms with Crippen LogP contribution in [0, 0.1) is 0 Å². The van der Waals surface area contributed by atoms with Crippen molar-refractivity contribution in [2.45, 2.75) is 19.3 Å². The summed E-state index contributed by atoms with van der Waals surface area (Å²) in [5.41, 5.74) is 2.40. The Bertz CT molecular complexity index is 1010. The van der Waals surface area contributed by atoms with Crippen molar-refractivity contribution in [3.8, 4) is 5.75 Å². The quantitative estimate of drug-likeness (QED) is 0.710. The van der Waals surface area contributed by atoms with Gasteiger partial charge in [0.05, 0.1) is 13.7 Å². The summed E-state index contributed by atoms with van der Waals surface area (Å²) in [5, 5.41) is 1.90. The fraction of sp³-hybridized carbons (Fsp3) is 0.300. The number of ether oxygens (including phenoxy) is 2. The van der Waals surface area contributed by atoms with Gasteiger partial charge in [-0.2, -0.15) is 0 Å². The fourth-order valence-electron chi connectivity index (χ4n) is 3.62. The second kappa shape index (κ2) is 6.37. The third kappa shape index (κ3) is 2.49. The summed E-state index contributed by atoms with van der Waals surface area (Å²) >= 11 is 0. The van der Waals surface area contributed by atoms with E-state index in [2.05, 4.69) is 0 Å². The summed E-state index contributed by atoms with van der Waals surface area (Å²) in [5.74, 6) is 0.318. The van der Waals surface area contributed by atoms with Crippen molar-refractivity contribution < 1.29 is 23.5 Å². The summed E-state index contributed by atoms with van der Waals surface area (Å²) in [7, 11) is 1.60. The van der Waals surface area contributed by atoms with Crippen molar-refractivity contribution in [1.29, 1.82) is 0 Å². The topological polar surface area (TPSA) is 69.0 Å². The van der Waals surface area contributed by atoms with Gasteiger partial charge in [-0.25, -0.2) is 9.69 Å². The maximum Gasteiger partial charge on any atom is 0.416 e. The molecular formula is C20H19NO5. The van der Waals surface area contributed by atoms with Crippen LogP contribution in [0.3, 0.4) is 0 Å². The van der Waals surface area contributed by atoms with E-state index in [0.29, 0.717) is 17.9 Å². The minimum atomic E-state index is -0.582. The molecule has 0 aliphatic carbocycles. The molecule has 134 valence electrons. The predicted molar refractivity (Wildman–Crippen MR) is 96.4 cm³/mol. The molecule has 0 radical (unpaired) electrons. The lowest BCUT2D eigenvalue weighted by molar-refractivity contribution is -0.126. The van der Waals surface area contributed by atoms with E-state index in [9.17, 15) is 9.59 Å². The van der Waals surface area contributed by atoms with Gasteiger partial charge in [-0.15, -0.1) is 0 Å². The van der Waals surface area contributed by atoms with Gasteiger partial charge in [0, 0.05) is 29.7 Å². The largest absolute Gasteiger partial charge is 0.493 e. The lowest BCUT2D eigenvalue weighted by Gasteiger charge is -2.15. The first-order valence-electron chi connectivity index (χ1n) is 8.59. The molecule has 1 unspecified atom stereocenters. The van der Waals surface area contributed by atoms with Crippen molar-refractivity contribution >= 4 is 33.9 Å². The van der Waals surface area contributed by atoms with Gasteiger partial charge >= 0.3 is 6.09 Å². The number of imide groups is 1. The van der Waals surface area contributed by atoms with Crippen LogP contribution in [0.4, 0.5) is 4.79 Å². The molecule has 2 aromatic carbocycles. The smallest absolute Gasteiger partial charge is 0.416 e. The van der Waals surface area contributed by atoms with E-state index in [1.807, 2.05) is 36.4 Å². The molecule has 4 rings (SSSR count). The summed E-state index contributed by atoms with van der Waals surface area (Å²) in [6, 6.07) is 11.6. The molecule has 2 amide bonds. The normalized spacial score (nSPS) is 17.2. The number of para-hydroxylation sites is 1. The maximum atomic E-state index is 12.3. The highest BCUT2D eigenvalue weighted by Crippen LogP contribution is 2.42. The molecule has 6 heteroatoms. The zero-order valence-electron chi connectivity index (χ0n) is 14.7. The predicted octanol–water partition coefficient (Wildman–Crippen LogP) is 4.07. The monoisotopic (exact) mass is 353 g/mol. The first-order chi connectivity index (χ1) is 12.6. The first kappa shape index (κ1) is 16.4. The maximum absolute atomic E-state index is 12.3. The Morgan fingerprint density at radius 2 is 2.08 bits per heavy atom. The minimum Gasteiger partial charge on any atom is -0.493 e. The molecule has 1 aliphatic heterocycles. The average molecular weight is 353 g/mol. The molecule has 3 aromatic rings. The molecule has 1 fully saturated rings. The number of furan rings is 1. The summed E-state index contributed by atoms with van der Waals surface area (Å²) < 4.78 is 16.4. The van der Waals surface area contributed by atoms with Gasteiger partial charge in [-0.3, -0.25) is 4.79 Å².